The van der Waals surface area contributed by atoms with Gasteiger partial charge in [-0.05, 0) is 57.6 Å². The molecule has 2 aromatic heterocycles. The van der Waals surface area contributed by atoms with Crippen molar-refractivity contribution in [1.29, 1.82) is 0 Å². The van der Waals surface area contributed by atoms with Crippen LogP contribution in [0.25, 0.3) is 21.3 Å². The average molecular weight is 386 g/mol. The summed E-state index contributed by atoms with van der Waals surface area (Å²) in [6, 6.07) is 6.58. The third-order valence-electron chi connectivity index (χ3n) is 5.51. The molecular formula is C21H24FN3OS. The highest BCUT2D eigenvalue weighted by Gasteiger charge is 2.25. The zero-order valence-electron chi connectivity index (χ0n) is 16.0. The largest absolute Gasteiger partial charge is 0.306 e. The molecule has 4 rings (SSSR count). The Balaban J connectivity index is 1.94. The third-order valence-corrected chi connectivity index (χ3v) is 6.51. The SMILES string of the molecule is CCc1nc2sc(C)c(-c3ccc(F)cc3)c2c(=O)n1C1CCN(C)CC1. The fourth-order valence-corrected chi connectivity index (χ4v) is 5.11. The molecule has 6 heteroatoms. The van der Waals surface area contributed by atoms with Crippen molar-refractivity contribution in [2.45, 2.75) is 39.2 Å². The van der Waals surface area contributed by atoms with Crippen molar-refractivity contribution in [2.24, 2.45) is 0 Å². The Morgan fingerprint density at radius 2 is 1.89 bits per heavy atom. The van der Waals surface area contributed by atoms with E-state index in [1.807, 2.05) is 11.5 Å². The van der Waals surface area contributed by atoms with E-state index in [9.17, 15) is 9.18 Å². The number of piperidine rings is 1. The Kier molecular flexibility index (Phi) is 4.86. The van der Waals surface area contributed by atoms with E-state index in [2.05, 4.69) is 18.9 Å². The molecule has 1 saturated heterocycles. The Labute approximate surface area is 162 Å². The van der Waals surface area contributed by atoms with Crippen LogP contribution in [0, 0.1) is 12.7 Å². The summed E-state index contributed by atoms with van der Waals surface area (Å²) in [5.41, 5.74) is 1.82. The topological polar surface area (TPSA) is 38.1 Å². The Morgan fingerprint density at radius 3 is 2.52 bits per heavy atom. The lowest BCUT2D eigenvalue weighted by Crippen LogP contribution is -2.37. The molecule has 4 nitrogen and oxygen atoms in total. The second kappa shape index (κ2) is 7.17. The molecule has 27 heavy (non-hydrogen) atoms. The van der Waals surface area contributed by atoms with Crippen LogP contribution >= 0.6 is 11.3 Å². The molecule has 0 N–H and O–H groups in total. The van der Waals surface area contributed by atoms with E-state index in [0.717, 1.165) is 59.0 Å². The fourth-order valence-electron chi connectivity index (χ4n) is 4.06. The predicted molar refractivity (Wildman–Crippen MR) is 109 cm³/mol. The fraction of sp³-hybridized carbons (Fsp3) is 0.429. The number of aryl methyl sites for hydroxylation is 2. The van der Waals surface area contributed by atoms with Gasteiger partial charge in [0.1, 0.15) is 16.5 Å². The molecule has 0 amide bonds. The van der Waals surface area contributed by atoms with Gasteiger partial charge < -0.3 is 4.90 Å². The number of benzene rings is 1. The van der Waals surface area contributed by atoms with E-state index in [4.69, 9.17) is 4.98 Å². The molecule has 1 aliphatic rings. The summed E-state index contributed by atoms with van der Waals surface area (Å²) < 4.78 is 15.3. The van der Waals surface area contributed by atoms with Crippen LogP contribution in [-0.2, 0) is 6.42 Å². The smallest absolute Gasteiger partial charge is 0.263 e. The standard InChI is InChI=1S/C21H24FN3OS/c1-4-17-23-20-19(21(26)25(17)16-9-11-24(3)12-10-16)18(13(2)27-20)14-5-7-15(22)8-6-14/h5-8,16H,4,9-12H2,1-3H3. The van der Waals surface area contributed by atoms with Gasteiger partial charge in [0, 0.05) is 22.9 Å². The third kappa shape index (κ3) is 3.21. The van der Waals surface area contributed by atoms with Crippen LogP contribution in [-0.4, -0.2) is 34.6 Å². The first-order valence-corrected chi connectivity index (χ1v) is 10.3. The van der Waals surface area contributed by atoms with Crippen molar-refractivity contribution < 1.29 is 4.39 Å². The summed E-state index contributed by atoms with van der Waals surface area (Å²) in [5.74, 6) is 0.597. The number of hydrogen-bond acceptors (Lipinski definition) is 4. The van der Waals surface area contributed by atoms with Crippen LogP contribution in [0.2, 0.25) is 0 Å². The Bertz CT molecular complexity index is 1030. The van der Waals surface area contributed by atoms with Gasteiger partial charge >= 0.3 is 0 Å². The molecule has 0 atom stereocenters. The lowest BCUT2D eigenvalue weighted by molar-refractivity contribution is 0.216. The normalized spacial score (nSPS) is 16.3. The first kappa shape index (κ1) is 18.3. The molecule has 3 heterocycles. The van der Waals surface area contributed by atoms with Crippen LogP contribution in [0.1, 0.15) is 36.5 Å². The minimum Gasteiger partial charge on any atom is -0.306 e. The van der Waals surface area contributed by atoms with E-state index in [1.165, 1.54) is 12.1 Å². The molecule has 0 unspecified atom stereocenters. The van der Waals surface area contributed by atoms with Crippen molar-refractivity contribution in [3.05, 3.63) is 51.1 Å². The van der Waals surface area contributed by atoms with Gasteiger partial charge in [0.2, 0.25) is 0 Å². The second-order valence-electron chi connectivity index (χ2n) is 7.31. The summed E-state index contributed by atoms with van der Waals surface area (Å²) in [5, 5.41) is 0.681. The van der Waals surface area contributed by atoms with Crippen LogP contribution in [0.5, 0.6) is 0 Å². The number of thiophene rings is 1. The number of rotatable bonds is 3. The highest BCUT2D eigenvalue weighted by molar-refractivity contribution is 7.19. The van der Waals surface area contributed by atoms with Crippen LogP contribution < -0.4 is 5.56 Å². The molecule has 1 aliphatic heterocycles. The molecular weight excluding hydrogens is 361 g/mol. The molecule has 0 spiro atoms. The summed E-state index contributed by atoms with van der Waals surface area (Å²) in [4.78, 5) is 22.6. The van der Waals surface area contributed by atoms with Crippen LogP contribution in [0.3, 0.4) is 0 Å². The minimum absolute atomic E-state index is 0.0510. The monoisotopic (exact) mass is 385 g/mol. The summed E-state index contributed by atoms with van der Waals surface area (Å²) >= 11 is 1.55. The molecule has 0 radical (unpaired) electrons. The van der Waals surface area contributed by atoms with Crippen molar-refractivity contribution in [2.75, 3.05) is 20.1 Å². The zero-order valence-corrected chi connectivity index (χ0v) is 16.8. The van der Waals surface area contributed by atoms with Crippen molar-refractivity contribution in [1.82, 2.24) is 14.5 Å². The van der Waals surface area contributed by atoms with Crippen molar-refractivity contribution in [3.63, 3.8) is 0 Å². The van der Waals surface area contributed by atoms with Gasteiger partial charge in [-0.1, -0.05) is 19.1 Å². The Hall–Kier alpha value is -2.05. The minimum atomic E-state index is -0.272. The highest BCUT2D eigenvalue weighted by Crippen LogP contribution is 2.36. The lowest BCUT2D eigenvalue weighted by Gasteiger charge is -2.31. The number of nitrogens with zero attached hydrogens (tertiary/aromatic N) is 3. The molecule has 1 fully saturated rings. The van der Waals surface area contributed by atoms with Gasteiger partial charge in [-0.15, -0.1) is 11.3 Å². The first-order valence-electron chi connectivity index (χ1n) is 9.48. The number of likely N-dealkylation sites (tertiary alicyclic amines) is 1. The number of halogens is 1. The zero-order chi connectivity index (χ0) is 19.1. The van der Waals surface area contributed by atoms with Gasteiger partial charge in [-0.3, -0.25) is 9.36 Å². The summed E-state index contributed by atoms with van der Waals surface area (Å²) in [6.45, 7) is 6.05. The van der Waals surface area contributed by atoms with Crippen molar-refractivity contribution >= 4 is 21.6 Å². The predicted octanol–water partition coefficient (Wildman–Crippen LogP) is 4.40. The van der Waals surface area contributed by atoms with Crippen LogP contribution in [0.4, 0.5) is 4.39 Å². The molecule has 0 aliphatic carbocycles. The maximum atomic E-state index is 13.6. The molecule has 1 aromatic carbocycles. The molecule has 142 valence electrons. The van der Waals surface area contributed by atoms with Crippen molar-refractivity contribution in [3.8, 4) is 11.1 Å². The average Bonchev–Trinajstić information content (AvgIpc) is 2.99. The maximum Gasteiger partial charge on any atom is 0.263 e. The van der Waals surface area contributed by atoms with E-state index < -0.39 is 0 Å². The van der Waals surface area contributed by atoms with E-state index in [-0.39, 0.29) is 17.4 Å². The molecule has 3 aromatic rings. The van der Waals surface area contributed by atoms with E-state index in [1.54, 1.807) is 23.5 Å². The number of fused-ring (bicyclic) bond motifs is 1. The first-order chi connectivity index (χ1) is 13.0. The summed E-state index contributed by atoms with van der Waals surface area (Å²) in [6.07, 6.45) is 2.66. The van der Waals surface area contributed by atoms with Gasteiger partial charge in [-0.2, -0.15) is 0 Å². The number of aromatic nitrogens is 2. The molecule has 0 saturated carbocycles. The van der Waals surface area contributed by atoms with Gasteiger partial charge in [0.25, 0.3) is 5.56 Å². The summed E-state index contributed by atoms with van der Waals surface area (Å²) in [7, 11) is 2.12. The number of hydrogen-bond donors (Lipinski definition) is 0. The van der Waals surface area contributed by atoms with Crippen LogP contribution in [0.15, 0.2) is 29.1 Å². The Morgan fingerprint density at radius 1 is 1.22 bits per heavy atom. The van der Waals surface area contributed by atoms with Gasteiger partial charge in [-0.25, -0.2) is 9.37 Å². The van der Waals surface area contributed by atoms with Gasteiger partial charge in [0.05, 0.1) is 5.39 Å². The maximum absolute atomic E-state index is 13.6. The highest BCUT2D eigenvalue weighted by atomic mass is 32.1. The molecule has 0 bridgehead atoms. The van der Waals surface area contributed by atoms with E-state index >= 15 is 0 Å². The van der Waals surface area contributed by atoms with E-state index in [0.29, 0.717) is 5.39 Å². The quantitative estimate of drug-likeness (QED) is 0.671. The second-order valence-corrected chi connectivity index (χ2v) is 8.51. The van der Waals surface area contributed by atoms with Gasteiger partial charge in [0.15, 0.2) is 0 Å². The lowest BCUT2D eigenvalue weighted by atomic mass is 10.0.